The van der Waals surface area contributed by atoms with Gasteiger partial charge >= 0.3 is 0 Å². The average molecular weight is 243 g/mol. The quantitative estimate of drug-likeness (QED) is 0.744. The maximum atomic E-state index is 9.21. The summed E-state index contributed by atoms with van der Waals surface area (Å²) in [6, 6.07) is 0.219. The number of halogens is 1. The van der Waals surface area contributed by atoms with Gasteiger partial charge in [0, 0.05) is 18.6 Å². The molecule has 2 rings (SSSR count). The van der Waals surface area contributed by atoms with Crippen LogP contribution in [-0.4, -0.2) is 27.7 Å². The number of nitrogens with two attached hydrogens (primary N) is 1. The van der Waals surface area contributed by atoms with Gasteiger partial charge in [-0.25, -0.2) is 9.97 Å². The Bertz CT molecular complexity index is 374. The van der Waals surface area contributed by atoms with Gasteiger partial charge in [0.2, 0.25) is 0 Å². The molecule has 0 aliphatic heterocycles. The second kappa shape index (κ2) is 4.84. The molecule has 0 amide bonds. The molecule has 1 aliphatic rings. The minimum atomic E-state index is 0.190. The molecule has 88 valence electrons. The smallest absolute Gasteiger partial charge is 0.150 e. The van der Waals surface area contributed by atoms with Crippen LogP contribution >= 0.6 is 11.6 Å². The summed E-state index contributed by atoms with van der Waals surface area (Å²) >= 11 is 5.99. The third-order valence-corrected chi connectivity index (χ3v) is 3.40. The van der Waals surface area contributed by atoms with Crippen molar-refractivity contribution in [3.8, 4) is 0 Å². The Morgan fingerprint density at radius 3 is 3.06 bits per heavy atom. The van der Waals surface area contributed by atoms with Crippen molar-refractivity contribution >= 4 is 23.2 Å². The van der Waals surface area contributed by atoms with Gasteiger partial charge in [-0.05, 0) is 12.8 Å². The summed E-state index contributed by atoms with van der Waals surface area (Å²) < 4.78 is 0. The summed E-state index contributed by atoms with van der Waals surface area (Å²) in [5.41, 5.74) is 5.59. The molecule has 0 saturated heterocycles. The van der Waals surface area contributed by atoms with E-state index < -0.39 is 0 Å². The second-order valence-corrected chi connectivity index (χ2v) is 4.42. The lowest BCUT2D eigenvalue weighted by molar-refractivity contribution is 0.222. The fraction of sp³-hybridized carbons (Fsp3) is 0.600. The number of aromatic nitrogens is 2. The first-order chi connectivity index (χ1) is 7.72. The van der Waals surface area contributed by atoms with Gasteiger partial charge in [0.15, 0.2) is 5.82 Å². The molecule has 2 unspecified atom stereocenters. The molecule has 1 aromatic heterocycles. The largest absolute Gasteiger partial charge is 0.396 e. The van der Waals surface area contributed by atoms with Crippen LogP contribution in [0.1, 0.15) is 19.3 Å². The van der Waals surface area contributed by atoms with Crippen molar-refractivity contribution < 1.29 is 5.11 Å². The molecule has 4 N–H and O–H groups in total. The minimum Gasteiger partial charge on any atom is -0.396 e. The van der Waals surface area contributed by atoms with E-state index in [1.165, 1.54) is 6.33 Å². The average Bonchev–Trinajstić information content (AvgIpc) is 2.72. The number of hydrogen-bond donors (Lipinski definition) is 3. The zero-order valence-corrected chi connectivity index (χ0v) is 9.61. The Balaban J connectivity index is 2.11. The van der Waals surface area contributed by atoms with Crippen LogP contribution in [0.4, 0.5) is 11.6 Å². The molecule has 5 nitrogen and oxygen atoms in total. The van der Waals surface area contributed by atoms with E-state index in [4.69, 9.17) is 17.3 Å². The van der Waals surface area contributed by atoms with E-state index in [1.807, 2.05) is 0 Å². The molecule has 1 saturated carbocycles. The molecule has 1 fully saturated rings. The van der Waals surface area contributed by atoms with E-state index in [-0.39, 0.29) is 24.4 Å². The summed E-state index contributed by atoms with van der Waals surface area (Å²) in [5.74, 6) is 1.10. The van der Waals surface area contributed by atoms with Crippen LogP contribution in [0.2, 0.25) is 5.02 Å². The Kier molecular flexibility index (Phi) is 3.46. The summed E-state index contributed by atoms with van der Waals surface area (Å²) in [7, 11) is 0. The number of nitrogens with one attached hydrogen (secondary N) is 1. The lowest BCUT2D eigenvalue weighted by Crippen LogP contribution is -2.27. The molecule has 0 aromatic carbocycles. The number of nitrogens with zero attached hydrogens (tertiary/aromatic N) is 2. The van der Waals surface area contributed by atoms with Crippen molar-refractivity contribution in [1.82, 2.24) is 9.97 Å². The summed E-state index contributed by atoms with van der Waals surface area (Å²) in [6.45, 7) is 0.190. The normalized spacial score (nSPS) is 24.6. The van der Waals surface area contributed by atoms with Gasteiger partial charge in [-0.15, -0.1) is 0 Å². The molecule has 1 aromatic rings. The third kappa shape index (κ3) is 2.20. The highest BCUT2D eigenvalue weighted by molar-refractivity contribution is 6.35. The first-order valence-electron chi connectivity index (χ1n) is 5.35. The third-order valence-electron chi connectivity index (χ3n) is 3.03. The Labute approximate surface area is 99.0 Å². The Morgan fingerprint density at radius 2 is 2.31 bits per heavy atom. The number of hydrogen-bond acceptors (Lipinski definition) is 5. The zero-order valence-electron chi connectivity index (χ0n) is 8.86. The fourth-order valence-corrected chi connectivity index (χ4v) is 2.26. The highest BCUT2D eigenvalue weighted by Crippen LogP contribution is 2.31. The van der Waals surface area contributed by atoms with Gasteiger partial charge in [0.25, 0.3) is 0 Å². The van der Waals surface area contributed by atoms with Crippen molar-refractivity contribution in [2.75, 3.05) is 17.7 Å². The van der Waals surface area contributed by atoms with E-state index in [2.05, 4.69) is 15.3 Å². The summed E-state index contributed by atoms with van der Waals surface area (Å²) in [6.07, 6.45) is 4.55. The Hall–Kier alpha value is -1.07. The second-order valence-electron chi connectivity index (χ2n) is 4.05. The molecule has 0 spiro atoms. The maximum Gasteiger partial charge on any atom is 0.150 e. The number of nitrogen functional groups attached to an aromatic ring is 1. The highest BCUT2D eigenvalue weighted by Gasteiger charge is 2.27. The lowest BCUT2D eigenvalue weighted by atomic mass is 10.1. The summed E-state index contributed by atoms with van der Waals surface area (Å²) in [5, 5.41) is 12.8. The van der Waals surface area contributed by atoms with Crippen LogP contribution in [-0.2, 0) is 0 Å². The van der Waals surface area contributed by atoms with Crippen LogP contribution in [0.5, 0.6) is 0 Å². The standard InChI is InChI=1S/C10H15ClN4O/c11-8-9(12)13-5-14-10(8)15-7-3-1-2-6(7)4-16/h5-7,16H,1-4H2,(H3,12,13,14,15). The zero-order chi connectivity index (χ0) is 11.5. The van der Waals surface area contributed by atoms with Gasteiger partial charge < -0.3 is 16.2 Å². The Morgan fingerprint density at radius 1 is 1.50 bits per heavy atom. The van der Waals surface area contributed by atoms with Crippen LogP contribution in [0.25, 0.3) is 0 Å². The SMILES string of the molecule is Nc1ncnc(NC2CCCC2CO)c1Cl. The topological polar surface area (TPSA) is 84.1 Å². The van der Waals surface area contributed by atoms with Gasteiger partial charge in [0.1, 0.15) is 17.2 Å². The fourth-order valence-electron chi connectivity index (χ4n) is 2.11. The first-order valence-corrected chi connectivity index (χ1v) is 5.73. The van der Waals surface area contributed by atoms with Crippen LogP contribution in [0.15, 0.2) is 6.33 Å². The van der Waals surface area contributed by atoms with Gasteiger partial charge in [-0.2, -0.15) is 0 Å². The van der Waals surface area contributed by atoms with Gasteiger partial charge in [-0.1, -0.05) is 18.0 Å². The van der Waals surface area contributed by atoms with E-state index in [0.29, 0.717) is 10.8 Å². The number of aliphatic hydroxyl groups excluding tert-OH is 1. The first kappa shape index (κ1) is 11.4. The minimum absolute atomic E-state index is 0.190. The molecule has 1 aliphatic carbocycles. The molecule has 2 atom stereocenters. The lowest BCUT2D eigenvalue weighted by Gasteiger charge is -2.20. The van der Waals surface area contributed by atoms with Crippen LogP contribution in [0, 0.1) is 5.92 Å². The maximum absolute atomic E-state index is 9.21. The van der Waals surface area contributed by atoms with Crippen molar-refractivity contribution in [2.24, 2.45) is 5.92 Å². The molecule has 16 heavy (non-hydrogen) atoms. The summed E-state index contributed by atoms with van der Waals surface area (Å²) in [4.78, 5) is 7.85. The molecule has 0 bridgehead atoms. The van der Waals surface area contributed by atoms with Crippen molar-refractivity contribution in [3.05, 3.63) is 11.3 Å². The van der Waals surface area contributed by atoms with E-state index in [9.17, 15) is 5.11 Å². The van der Waals surface area contributed by atoms with Crippen LogP contribution < -0.4 is 11.1 Å². The molecular weight excluding hydrogens is 228 g/mol. The monoisotopic (exact) mass is 242 g/mol. The number of rotatable bonds is 3. The number of aliphatic hydroxyl groups is 1. The van der Waals surface area contributed by atoms with Crippen molar-refractivity contribution in [3.63, 3.8) is 0 Å². The highest BCUT2D eigenvalue weighted by atomic mass is 35.5. The van der Waals surface area contributed by atoms with E-state index in [0.717, 1.165) is 19.3 Å². The van der Waals surface area contributed by atoms with Crippen molar-refractivity contribution in [2.45, 2.75) is 25.3 Å². The predicted molar refractivity (Wildman–Crippen MR) is 63.3 cm³/mol. The molecule has 6 heteroatoms. The predicted octanol–water partition coefficient (Wildman–Crippen LogP) is 1.29. The van der Waals surface area contributed by atoms with E-state index in [1.54, 1.807) is 0 Å². The van der Waals surface area contributed by atoms with Gasteiger partial charge in [0.05, 0.1) is 0 Å². The van der Waals surface area contributed by atoms with Crippen LogP contribution in [0.3, 0.4) is 0 Å². The molecule has 1 heterocycles. The van der Waals surface area contributed by atoms with E-state index >= 15 is 0 Å². The molecule has 0 radical (unpaired) electrons. The van der Waals surface area contributed by atoms with Gasteiger partial charge in [-0.3, -0.25) is 0 Å². The molecular formula is C10H15ClN4O. The number of anilines is 2. The van der Waals surface area contributed by atoms with Crippen molar-refractivity contribution in [1.29, 1.82) is 0 Å².